The first kappa shape index (κ1) is 15.7. The van der Waals surface area contributed by atoms with Gasteiger partial charge in [-0.1, -0.05) is 55.8 Å². The van der Waals surface area contributed by atoms with Crippen LogP contribution < -0.4 is 5.32 Å². The molecule has 0 radical (unpaired) electrons. The van der Waals surface area contributed by atoms with Gasteiger partial charge < -0.3 is 10.4 Å². The number of aromatic nitrogens is 2. The molecule has 1 heterocycles. The van der Waals surface area contributed by atoms with Crippen LogP contribution in [0, 0.1) is 0 Å². The van der Waals surface area contributed by atoms with E-state index < -0.39 is 5.60 Å². The molecule has 0 spiro atoms. The highest BCUT2D eigenvalue weighted by molar-refractivity contribution is 6.29. The van der Waals surface area contributed by atoms with E-state index >= 15 is 0 Å². The number of aliphatic hydroxyl groups is 1. The zero-order chi connectivity index (χ0) is 15.3. The van der Waals surface area contributed by atoms with Gasteiger partial charge in [-0.2, -0.15) is 0 Å². The van der Waals surface area contributed by atoms with Gasteiger partial charge in [0.1, 0.15) is 11.0 Å². The van der Waals surface area contributed by atoms with Gasteiger partial charge in [0, 0.05) is 18.2 Å². The van der Waals surface area contributed by atoms with Gasteiger partial charge in [-0.15, -0.1) is 0 Å². The average Bonchev–Trinajstić information content (AvgIpc) is 2.53. The minimum absolute atomic E-state index is 0.378. The number of halogens is 1. The molecule has 0 bridgehead atoms. The highest BCUT2D eigenvalue weighted by Gasteiger charge is 2.22. The summed E-state index contributed by atoms with van der Waals surface area (Å²) >= 11 is 6.06. The van der Waals surface area contributed by atoms with Crippen LogP contribution in [0.1, 0.15) is 26.7 Å². The van der Waals surface area contributed by atoms with Crippen molar-refractivity contribution in [3.63, 3.8) is 0 Å². The number of hydrogen-bond donors (Lipinski definition) is 2. The maximum Gasteiger partial charge on any atom is 0.163 e. The third-order valence-electron chi connectivity index (χ3n) is 3.64. The summed E-state index contributed by atoms with van der Waals surface area (Å²) in [5, 5.41) is 13.8. The van der Waals surface area contributed by atoms with E-state index in [1.807, 2.05) is 44.2 Å². The molecule has 0 amide bonds. The molecule has 0 aliphatic carbocycles. The monoisotopic (exact) mass is 305 g/mol. The molecular weight excluding hydrogens is 286 g/mol. The summed E-state index contributed by atoms with van der Waals surface area (Å²) in [7, 11) is 0. The molecule has 21 heavy (non-hydrogen) atoms. The molecule has 2 N–H and O–H groups in total. The predicted octanol–water partition coefficient (Wildman–Crippen LogP) is 3.76. The Hall–Kier alpha value is -1.65. The molecule has 0 unspecified atom stereocenters. The zero-order valence-electron chi connectivity index (χ0n) is 12.3. The molecule has 0 fully saturated rings. The Morgan fingerprint density at radius 3 is 2.43 bits per heavy atom. The quantitative estimate of drug-likeness (QED) is 0.798. The van der Waals surface area contributed by atoms with Crippen LogP contribution >= 0.6 is 11.6 Å². The lowest BCUT2D eigenvalue weighted by molar-refractivity contribution is 0.0456. The molecule has 0 atom stereocenters. The summed E-state index contributed by atoms with van der Waals surface area (Å²) in [6, 6.07) is 11.3. The van der Waals surface area contributed by atoms with Gasteiger partial charge in [0.05, 0.1) is 5.60 Å². The average molecular weight is 306 g/mol. The van der Waals surface area contributed by atoms with Gasteiger partial charge >= 0.3 is 0 Å². The second-order valence-electron chi connectivity index (χ2n) is 5.05. The summed E-state index contributed by atoms with van der Waals surface area (Å²) < 4.78 is 0. The fourth-order valence-electron chi connectivity index (χ4n) is 1.98. The van der Waals surface area contributed by atoms with E-state index in [1.54, 1.807) is 6.07 Å². The minimum atomic E-state index is -0.732. The van der Waals surface area contributed by atoms with Crippen molar-refractivity contribution in [2.24, 2.45) is 0 Å². The fraction of sp³-hybridized carbons (Fsp3) is 0.375. The molecule has 1 aromatic carbocycles. The van der Waals surface area contributed by atoms with Crippen LogP contribution in [-0.4, -0.2) is 27.2 Å². The summed E-state index contributed by atoms with van der Waals surface area (Å²) in [5.41, 5.74) is 0.175. The van der Waals surface area contributed by atoms with Crippen molar-refractivity contribution in [3.8, 4) is 11.4 Å². The van der Waals surface area contributed by atoms with Crippen molar-refractivity contribution in [3.05, 3.63) is 41.6 Å². The van der Waals surface area contributed by atoms with E-state index in [-0.39, 0.29) is 0 Å². The Labute approximate surface area is 130 Å². The number of nitrogens with zero attached hydrogens (tertiary/aromatic N) is 2. The largest absolute Gasteiger partial charge is 0.388 e. The zero-order valence-corrected chi connectivity index (χ0v) is 13.1. The molecule has 0 saturated heterocycles. The Morgan fingerprint density at radius 2 is 1.81 bits per heavy atom. The SMILES string of the molecule is CCC(O)(CC)CNc1cc(Cl)nc(-c2ccccc2)n1. The number of rotatable bonds is 6. The topological polar surface area (TPSA) is 58.0 Å². The van der Waals surface area contributed by atoms with Gasteiger partial charge in [0.25, 0.3) is 0 Å². The molecule has 112 valence electrons. The van der Waals surface area contributed by atoms with E-state index in [0.29, 0.717) is 36.2 Å². The lowest BCUT2D eigenvalue weighted by atomic mass is 9.98. The van der Waals surface area contributed by atoms with Crippen LogP contribution in [0.15, 0.2) is 36.4 Å². The third kappa shape index (κ3) is 4.16. The lowest BCUT2D eigenvalue weighted by Gasteiger charge is -2.25. The predicted molar refractivity (Wildman–Crippen MR) is 86.5 cm³/mol. The molecule has 2 aromatic rings. The normalized spacial score (nSPS) is 11.4. The Bertz CT molecular complexity index is 585. The highest BCUT2D eigenvalue weighted by Crippen LogP contribution is 2.21. The van der Waals surface area contributed by atoms with Crippen LogP contribution in [0.2, 0.25) is 5.15 Å². The van der Waals surface area contributed by atoms with Crippen LogP contribution in [0.5, 0.6) is 0 Å². The molecule has 0 saturated carbocycles. The molecule has 1 aromatic heterocycles. The molecule has 0 aliphatic rings. The highest BCUT2D eigenvalue weighted by atomic mass is 35.5. The lowest BCUT2D eigenvalue weighted by Crippen LogP contribution is -2.35. The van der Waals surface area contributed by atoms with Gasteiger partial charge in [-0.3, -0.25) is 0 Å². The van der Waals surface area contributed by atoms with Crippen LogP contribution in [-0.2, 0) is 0 Å². The number of hydrogen-bond acceptors (Lipinski definition) is 4. The molecule has 0 aliphatic heterocycles. The Balaban J connectivity index is 2.20. The van der Waals surface area contributed by atoms with Crippen molar-refractivity contribution in [2.75, 3.05) is 11.9 Å². The second-order valence-corrected chi connectivity index (χ2v) is 5.44. The van der Waals surface area contributed by atoms with Gasteiger partial charge in [0.15, 0.2) is 5.82 Å². The Kier molecular flexibility index (Phi) is 5.15. The number of anilines is 1. The summed E-state index contributed by atoms with van der Waals surface area (Å²) in [6.07, 6.45) is 1.36. The summed E-state index contributed by atoms with van der Waals surface area (Å²) in [4.78, 5) is 8.70. The first-order valence-electron chi connectivity index (χ1n) is 7.12. The third-order valence-corrected chi connectivity index (χ3v) is 3.84. The molecular formula is C16H20ClN3O. The van der Waals surface area contributed by atoms with E-state index in [1.165, 1.54) is 0 Å². The molecule has 5 heteroatoms. The van der Waals surface area contributed by atoms with Crippen molar-refractivity contribution < 1.29 is 5.11 Å². The van der Waals surface area contributed by atoms with Gasteiger partial charge in [0.2, 0.25) is 0 Å². The van der Waals surface area contributed by atoms with E-state index in [2.05, 4.69) is 15.3 Å². The molecule has 4 nitrogen and oxygen atoms in total. The van der Waals surface area contributed by atoms with Crippen molar-refractivity contribution in [1.29, 1.82) is 0 Å². The Morgan fingerprint density at radius 1 is 1.14 bits per heavy atom. The second kappa shape index (κ2) is 6.87. The smallest absolute Gasteiger partial charge is 0.163 e. The van der Waals surface area contributed by atoms with E-state index in [9.17, 15) is 5.11 Å². The first-order valence-corrected chi connectivity index (χ1v) is 7.50. The number of nitrogens with one attached hydrogen (secondary N) is 1. The molecule has 2 rings (SSSR count). The maximum atomic E-state index is 10.3. The van der Waals surface area contributed by atoms with Crippen LogP contribution in [0.25, 0.3) is 11.4 Å². The van der Waals surface area contributed by atoms with Gasteiger partial charge in [-0.05, 0) is 12.8 Å². The van der Waals surface area contributed by atoms with Crippen molar-refractivity contribution in [2.45, 2.75) is 32.3 Å². The van der Waals surface area contributed by atoms with Crippen LogP contribution in [0.3, 0.4) is 0 Å². The van der Waals surface area contributed by atoms with Crippen molar-refractivity contribution >= 4 is 17.4 Å². The van der Waals surface area contributed by atoms with E-state index in [0.717, 1.165) is 5.56 Å². The maximum absolute atomic E-state index is 10.3. The summed E-state index contributed by atoms with van der Waals surface area (Å²) in [6.45, 7) is 4.36. The van der Waals surface area contributed by atoms with Crippen molar-refractivity contribution in [1.82, 2.24) is 9.97 Å². The van der Waals surface area contributed by atoms with E-state index in [4.69, 9.17) is 11.6 Å². The fourth-order valence-corrected chi connectivity index (χ4v) is 2.16. The van der Waals surface area contributed by atoms with Gasteiger partial charge in [-0.25, -0.2) is 9.97 Å². The van der Waals surface area contributed by atoms with Crippen LogP contribution in [0.4, 0.5) is 5.82 Å². The minimum Gasteiger partial charge on any atom is -0.388 e. The summed E-state index contributed by atoms with van der Waals surface area (Å²) in [5.74, 6) is 1.19. The number of benzene rings is 1. The standard InChI is InChI=1S/C16H20ClN3O/c1-3-16(21,4-2)11-18-14-10-13(17)19-15(20-14)12-8-6-5-7-9-12/h5-10,21H,3-4,11H2,1-2H3,(H,18,19,20). The first-order chi connectivity index (χ1) is 10.1.